The second-order valence-electron chi connectivity index (χ2n) is 8.06. The number of aliphatic hydroxyl groups excluding tert-OH is 1. The minimum atomic E-state index is -0.844. The molecule has 3 aliphatic rings. The third kappa shape index (κ3) is 3.54. The van der Waals surface area contributed by atoms with E-state index in [9.17, 15) is 9.90 Å². The first kappa shape index (κ1) is 19.9. The van der Waals surface area contributed by atoms with Crippen LogP contribution in [0.25, 0.3) is 10.9 Å². The topological polar surface area (TPSA) is 112 Å². The van der Waals surface area contributed by atoms with Crippen LogP contribution < -0.4 is 5.73 Å². The van der Waals surface area contributed by atoms with Gasteiger partial charge < -0.3 is 25.7 Å². The molecule has 0 aliphatic carbocycles. The zero-order valence-electron chi connectivity index (χ0n) is 16.7. The predicted molar refractivity (Wildman–Crippen MR) is 110 cm³/mol. The number of carboxylic acid groups (broad SMARTS) is 1. The Morgan fingerprint density at radius 2 is 2.14 bits per heavy atom. The molecule has 3 aliphatic heterocycles. The maximum atomic E-state index is 11.7. The van der Waals surface area contributed by atoms with Gasteiger partial charge in [0.25, 0.3) is 0 Å². The molecule has 29 heavy (non-hydrogen) atoms. The van der Waals surface area contributed by atoms with E-state index in [1.54, 1.807) is 0 Å². The highest BCUT2D eigenvalue weighted by atomic mass is 16.5. The highest BCUT2D eigenvalue weighted by Gasteiger charge is 2.46. The lowest BCUT2D eigenvalue weighted by Gasteiger charge is -2.49. The van der Waals surface area contributed by atoms with Crippen molar-refractivity contribution in [1.29, 1.82) is 0 Å². The van der Waals surface area contributed by atoms with E-state index in [0.29, 0.717) is 12.1 Å². The van der Waals surface area contributed by atoms with Crippen molar-refractivity contribution < 1.29 is 19.7 Å². The Hall–Kier alpha value is -2.35. The number of ether oxygens (including phenoxy) is 1. The molecule has 0 spiro atoms. The second kappa shape index (κ2) is 8.18. The van der Waals surface area contributed by atoms with Crippen molar-refractivity contribution in [2.24, 2.45) is 17.6 Å². The Bertz CT molecular complexity index is 920. The number of rotatable bonds is 2. The van der Waals surface area contributed by atoms with Crippen LogP contribution in [0.2, 0.25) is 0 Å². The summed E-state index contributed by atoms with van der Waals surface area (Å²) in [5.74, 6) is -0.541. The average Bonchev–Trinajstić information content (AvgIpc) is 3.12. The molecule has 5 N–H and O–H groups in total. The van der Waals surface area contributed by atoms with E-state index >= 15 is 0 Å². The van der Waals surface area contributed by atoms with Crippen LogP contribution in [-0.2, 0) is 16.0 Å². The molecule has 3 unspecified atom stereocenters. The number of aliphatic hydroxyl groups is 1. The van der Waals surface area contributed by atoms with Crippen molar-refractivity contribution in [3.8, 4) is 0 Å². The molecule has 2 aromatic rings. The molecule has 4 heterocycles. The monoisotopic (exact) mass is 399 g/mol. The van der Waals surface area contributed by atoms with Crippen LogP contribution >= 0.6 is 0 Å². The minimum absolute atomic E-state index is 0.0554. The number of H-pyrrole nitrogens is 1. The molecular weight excluding hydrogens is 370 g/mol. The van der Waals surface area contributed by atoms with Crippen LogP contribution in [0.1, 0.15) is 30.6 Å². The molecule has 0 amide bonds. The average molecular weight is 399 g/mol. The van der Waals surface area contributed by atoms with Gasteiger partial charge in [-0.25, -0.2) is 4.79 Å². The third-order valence-electron chi connectivity index (χ3n) is 6.50. The molecule has 4 atom stereocenters. The zero-order valence-corrected chi connectivity index (χ0v) is 16.7. The molecule has 1 aromatic heterocycles. The molecule has 156 valence electrons. The van der Waals surface area contributed by atoms with E-state index in [1.807, 2.05) is 0 Å². The number of aromatic amines is 1. The van der Waals surface area contributed by atoms with Gasteiger partial charge in [-0.15, -0.1) is 0 Å². The summed E-state index contributed by atoms with van der Waals surface area (Å²) in [5, 5.41) is 18.7. The first-order valence-electron chi connectivity index (χ1n) is 10.3. The maximum Gasteiger partial charge on any atom is 0.334 e. The number of fused-ring (bicyclic) bond motifs is 6. The summed E-state index contributed by atoms with van der Waals surface area (Å²) >= 11 is 0. The van der Waals surface area contributed by atoms with Gasteiger partial charge >= 0.3 is 5.97 Å². The summed E-state index contributed by atoms with van der Waals surface area (Å²) in [6.07, 6.45) is 3.44. The SMILES string of the molecule is C[C@@H]1OC=C(C(=O)O)C2CC3c4[nH]c5ccccc5c4CCN3CC21.NCCO. The standard InChI is InChI=1S/C20H22N2O3.C2H7NO/c1-11-15-9-22-7-6-13-12-4-2-3-5-17(12)21-19(13)18(22)8-14(15)16(10-25-11)20(23)24;3-1-2-4/h2-5,10-11,14-15,18,21H,6-9H2,1H3,(H,23,24);4H,1-3H2/t11-,14?,15?,18?;/m0./s1. The van der Waals surface area contributed by atoms with Gasteiger partial charge in [0.05, 0.1) is 30.6 Å². The molecule has 1 saturated heterocycles. The number of nitrogens with one attached hydrogen (secondary N) is 1. The van der Waals surface area contributed by atoms with Crippen LogP contribution in [0.5, 0.6) is 0 Å². The Kier molecular flexibility index (Phi) is 5.63. The van der Waals surface area contributed by atoms with Crippen LogP contribution in [0.3, 0.4) is 0 Å². The number of carboxylic acids is 1. The first-order chi connectivity index (χ1) is 14.0. The Morgan fingerprint density at radius 3 is 2.86 bits per heavy atom. The first-order valence-corrected chi connectivity index (χ1v) is 10.3. The van der Waals surface area contributed by atoms with E-state index in [-0.39, 0.29) is 30.6 Å². The smallest absolute Gasteiger partial charge is 0.334 e. The van der Waals surface area contributed by atoms with Gasteiger partial charge in [0.15, 0.2) is 0 Å². The van der Waals surface area contributed by atoms with Crippen LogP contribution in [-0.4, -0.2) is 58.4 Å². The molecular formula is C22H29N3O4. The van der Waals surface area contributed by atoms with Gasteiger partial charge in [-0.1, -0.05) is 18.2 Å². The summed E-state index contributed by atoms with van der Waals surface area (Å²) in [4.78, 5) is 17.8. The van der Waals surface area contributed by atoms with Gasteiger partial charge in [0.1, 0.15) is 0 Å². The maximum absolute atomic E-state index is 11.7. The molecule has 0 saturated carbocycles. The summed E-state index contributed by atoms with van der Waals surface area (Å²) in [6.45, 7) is 4.46. The van der Waals surface area contributed by atoms with Gasteiger partial charge in [-0.2, -0.15) is 0 Å². The van der Waals surface area contributed by atoms with Crippen molar-refractivity contribution in [2.75, 3.05) is 26.2 Å². The van der Waals surface area contributed by atoms with Gasteiger partial charge in [0.2, 0.25) is 0 Å². The number of nitrogens with two attached hydrogens (primary N) is 1. The van der Waals surface area contributed by atoms with E-state index in [4.69, 9.17) is 15.6 Å². The Morgan fingerprint density at radius 1 is 1.38 bits per heavy atom. The largest absolute Gasteiger partial charge is 0.497 e. The molecule has 1 aromatic carbocycles. The van der Waals surface area contributed by atoms with E-state index < -0.39 is 5.97 Å². The van der Waals surface area contributed by atoms with Crippen LogP contribution in [0.15, 0.2) is 36.1 Å². The number of benzene rings is 1. The third-order valence-corrected chi connectivity index (χ3v) is 6.50. The predicted octanol–water partition coefficient (Wildman–Crippen LogP) is 2.03. The van der Waals surface area contributed by atoms with Gasteiger partial charge in [0, 0.05) is 48.1 Å². The molecule has 1 fully saturated rings. The fourth-order valence-corrected chi connectivity index (χ4v) is 5.08. The number of carbonyl (C=O) groups is 1. The number of aromatic nitrogens is 1. The Balaban J connectivity index is 0.000000472. The summed E-state index contributed by atoms with van der Waals surface area (Å²) < 4.78 is 5.64. The number of hydrogen-bond acceptors (Lipinski definition) is 5. The highest BCUT2D eigenvalue weighted by Crippen LogP contribution is 2.47. The van der Waals surface area contributed by atoms with Crippen molar-refractivity contribution in [2.45, 2.75) is 31.9 Å². The number of hydrogen-bond donors (Lipinski definition) is 4. The molecule has 0 bridgehead atoms. The molecule has 7 nitrogen and oxygen atoms in total. The summed E-state index contributed by atoms with van der Waals surface area (Å²) in [7, 11) is 0. The van der Waals surface area contributed by atoms with Crippen LogP contribution in [0.4, 0.5) is 0 Å². The van der Waals surface area contributed by atoms with Crippen molar-refractivity contribution in [3.63, 3.8) is 0 Å². The lowest BCUT2D eigenvalue weighted by Crippen LogP contribution is -2.51. The van der Waals surface area contributed by atoms with Crippen molar-refractivity contribution >= 4 is 16.9 Å². The van der Waals surface area contributed by atoms with Crippen LogP contribution in [0, 0.1) is 11.8 Å². The minimum Gasteiger partial charge on any atom is -0.497 e. The molecule has 0 radical (unpaired) electrons. The fourth-order valence-electron chi connectivity index (χ4n) is 5.08. The number of para-hydroxylation sites is 1. The van der Waals surface area contributed by atoms with Crippen molar-refractivity contribution in [1.82, 2.24) is 9.88 Å². The number of nitrogens with zero attached hydrogens (tertiary/aromatic N) is 1. The van der Waals surface area contributed by atoms with E-state index in [1.165, 1.54) is 28.4 Å². The number of aliphatic carboxylic acids is 1. The molecule has 5 rings (SSSR count). The number of piperidine rings is 1. The zero-order chi connectivity index (χ0) is 20.5. The molecule has 7 heteroatoms. The van der Waals surface area contributed by atoms with E-state index in [0.717, 1.165) is 25.9 Å². The lowest BCUT2D eigenvalue weighted by molar-refractivity contribution is -0.135. The normalized spacial score (nSPS) is 28.2. The fraction of sp³-hybridized carbons (Fsp3) is 0.500. The van der Waals surface area contributed by atoms with Gasteiger partial charge in [-0.05, 0) is 31.4 Å². The van der Waals surface area contributed by atoms with E-state index in [2.05, 4.69) is 41.1 Å². The van der Waals surface area contributed by atoms with Crippen molar-refractivity contribution in [3.05, 3.63) is 47.4 Å². The highest BCUT2D eigenvalue weighted by molar-refractivity contribution is 5.87. The summed E-state index contributed by atoms with van der Waals surface area (Å²) in [6, 6.07) is 8.73. The Labute approximate surface area is 170 Å². The lowest BCUT2D eigenvalue weighted by atomic mass is 9.72. The second-order valence-corrected chi connectivity index (χ2v) is 8.06. The van der Waals surface area contributed by atoms with Gasteiger partial charge in [-0.3, -0.25) is 4.90 Å². The quantitative estimate of drug-likeness (QED) is 0.615. The summed E-state index contributed by atoms with van der Waals surface area (Å²) in [5.41, 5.74) is 9.10.